The third-order valence-corrected chi connectivity index (χ3v) is 3.19. The number of hydrogen-bond acceptors (Lipinski definition) is 3. The number of benzene rings is 1. The fourth-order valence-corrected chi connectivity index (χ4v) is 1.74. The summed E-state index contributed by atoms with van der Waals surface area (Å²) in [7, 11) is 0. The van der Waals surface area contributed by atoms with Gasteiger partial charge in [0.05, 0.1) is 6.10 Å². The van der Waals surface area contributed by atoms with Gasteiger partial charge in [-0.25, -0.2) is 0 Å². The Hall–Kier alpha value is -1.39. The van der Waals surface area contributed by atoms with Crippen LogP contribution in [-0.4, -0.2) is 29.6 Å². The van der Waals surface area contributed by atoms with Gasteiger partial charge in [0.25, 0.3) is 0 Å². The minimum atomic E-state index is -0.545. The maximum absolute atomic E-state index is 11.6. The van der Waals surface area contributed by atoms with Crippen LogP contribution in [0.5, 0.6) is 0 Å². The molecule has 0 aliphatic heterocycles. The van der Waals surface area contributed by atoms with E-state index in [1.54, 1.807) is 0 Å². The lowest BCUT2D eigenvalue weighted by Crippen LogP contribution is -2.50. The first kappa shape index (κ1) is 16.7. The summed E-state index contributed by atoms with van der Waals surface area (Å²) < 4.78 is 0. The van der Waals surface area contributed by atoms with Crippen molar-refractivity contribution in [1.82, 2.24) is 10.6 Å². The number of nitrogens with one attached hydrogen (secondary N) is 2. The molecule has 1 rings (SSSR count). The van der Waals surface area contributed by atoms with Crippen molar-refractivity contribution < 1.29 is 9.90 Å². The van der Waals surface area contributed by atoms with Crippen molar-refractivity contribution in [3.05, 3.63) is 35.9 Å². The summed E-state index contributed by atoms with van der Waals surface area (Å²) in [5.41, 5.74) is 0.627. The van der Waals surface area contributed by atoms with Gasteiger partial charge in [0.1, 0.15) is 0 Å². The molecule has 0 aliphatic rings. The van der Waals surface area contributed by atoms with Gasteiger partial charge in [-0.05, 0) is 19.4 Å². The number of rotatable bonds is 7. The number of carbonyl (C=O) groups excluding carboxylic acids is 1. The van der Waals surface area contributed by atoms with E-state index in [2.05, 4.69) is 10.6 Å². The summed E-state index contributed by atoms with van der Waals surface area (Å²) >= 11 is 0. The second-order valence-electron chi connectivity index (χ2n) is 6.06. The average molecular weight is 278 g/mol. The van der Waals surface area contributed by atoms with Gasteiger partial charge in [-0.1, -0.05) is 44.2 Å². The predicted octanol–water partition coefficient (Wildman–Crippen LogP) is 1.86. The van der Waals surface area contributed by atoms with Crippen molar-refractivity contribution in [3.8, 4) is 0 Å². The summed E-state index contributed by atoms with van der Waals surface area (Å²) in [6.45, 7) is 8.74. The minimum Gasteiger partial charge on any atom is -0.387 e. The lowest BCUT2D eigenvalue weighted by atomic mass is 10.0. The Balaban J connectivity index is 2.41. The number of amides is 1. The van der Waals surface area contributed by atoms with E-state index >= 15 is 0 Å². The highest BCUT2D eigenvalue weighted by molar-refractivity contribution is 5.77. The van der Waals surface area contributed by atoms with Crippen molar-refractivity contribution in [3.63, 3.8) is 0 Å². The molecule has 0 aliphatic carbocycles. The molecule has 0 aromatic heterocycles. The summed E-state index contributed by atoms with van der Waals surface area (Å²) in [5, 5.41) is 16.3. The van der Waals surface area contributed by atoms with Gasteiger partial charge in [-0.3, -0.25) is 4.79 Å². The molecule has 0 saturated heterocycles. The van der Waals surface area contributed by atoms with E-state index in [9.17, 15) is 9.90 Å². The summed E-state index contributed by atoms with van der Waals surface area (Å²) in [5.74, 6) is 0.0317. The van der Waals surface area contributed by atoms with Crippen LogP contribution in [0.3, 0.4) is 0 Å². The van der Waals surface area contributed by atoms with Gasteiger partial charge < -0.3 is 15.7 Å². The third kappa shape index (κ3) is 5.72. The van der Waals surface area contributed by atoms with Crippen LogP contribution in [0.25, 0.3) is 0 Å². The van der Waals surface area contributed by atoms with Crippen molar-refractivity contribution in [2.75, 3.05) is 13.1 Å². The molecule has 0 radical (unpaired) electrons. The van der Waals surface area contributed by atoms with E-state index in [1.165, 1.54) is 0 Å². The van der Waals surface area contributed by atoms with Gasteiger partial charge in [-0.2, -0.15) is 0 Å². The van der Waals surface area contributed by atoms with Crippen molar-refractivity contribution in [2.45, 2.75) is 39.3 Å². The van der Waals surface area contributed by atoms with E-state index in [0.29, 0.717) is 13.1 Å². The van der Waals surface area contributed by atoms with E-state index in [0.717, 1.165) is 5.56 Å². The Morgan fingerprint density at radius 2 is 1.85 bits per heavy atom. The first-order valence-corrected chi connectivity index (χ1v) is 7.07. The Morgan fingerprint density at radius 1 is 1.25 bits per heavy atom. The summed E-state index contributed by atoms with van der Waals surface area (Å²) in [6, 6.07) is 9.55. The molecular formula is C16H26N2O2. The maximum atomic E-state index is 11.6. The molecule has 3 N–H and O–H groups in total. The topological polar surface area (TPSA) is 61.4 Å². The van der Waals surface area contributed by atoms with E-state index in [1.807, 2.05) is 58.0 Å². The lowest BCUT2D eigenvalue weighted by Gasteiger charge is -2.28. The SMILES string of the molecule is CC(C)C(=O)NCC(C)(C)NCC(O)c1ccccc1. The quantitative estimate of drug-likeness (QED) is 0.713. The van der Waals surface area contributed by atoms with Crippen LogP contribution in [0.4, 0.5) is 0 Å². The number of aliphatic hydroxyl groups excluding tert-OH is 1. The number of β-amino-alcohol motifs (C(OH)–C–C–N with tert-alkyl or cyclic N) is 1. The zero-order chi connectivity index (χ0) is 15.2. The smallest absolute Gasteiger partial charge is 0.222 e. The molecule has 1 amide bonds. The van der Waals surface area contributed by atoms with Crippen LogP contribution in [-0.2, 0) is 4.79 Å². The molecule has 1 atom stereocenters. The average Bonchev–Trinajstić information content (AvgIpc) is 2.43. The Bertz CT molecular complexity index is 416. The normalized spacial score (nSPS) is 13.3. The zero-order valence-electron chi connectivity index (χ0n) is 12.8. The lowest BCUT2D eigenvalue weighted by molar-refractivity contribution is -0.124. The van der Waals surface area contributed by atoms with Crippen molar-refractivity contribution >= 4 is 5.91 Å². The fourth-order valence-electron chi connectivity index (χ4n) is 1.74. The molecule has 0 bridgehead atoms. The summed E-state index contributed by atoms with van der Waals surface area (Å²) in [4.78, 5) is 11.6. The highest BCUT2D eigenvalue weighted by atomic mass is 16.3. The molecule has 20 heavy (non-hydrogen) atoms. The van der Waals surface area contributed by atoms with Gasteiger partial charge in [0.15, 0.2) is 0 Å². The third-order valence-electron chi connectivity index (χ3n) is 3.19. The van der Waals surface area contributed by atoms with Crippen molar-refractivity contribution in [2.24, 2.45) is 5.92 Å². The van der Waals surface area contributed by atoms with Gasteiger partial charge in [0.2, 0.25) is 5.91 Å². The molecule has 0 fully saturated rings. The van der Waals surface area contributed by atoms with E-state index in [4.69, 9.17) is 0 Å². The van der Waals surface area contributed by atoms with Crippen molar-refractivity contribution in [1.29, 1.82) is 0 Å². The molecule has 1 unspecified atom stereocenters. The molecule has 0 heterocycles. The van der Waals surface area contributed by atoms with Crippen LogP contribution in [0.2, 0.25) is 0 Å². The Kier molecular flexibility index (Phi) is 6.17. The Labute approximate surface area is 121 Å². The number of aliphatic hydroxyl groups is 1. The highest BCUT2D eigenvalue weighted by Gasteiger charge is 2.20. The molecule has 1 aromatic rings. The van der Waals surface area contributed by atoms with Gasteiger partial charge >= 0.3 is 0 Å². The molecule has 0 spiro atoms. The molecule has 4 heteroatoms. The van der Waals surface area contributed by atoms with Crippen LogP contribution in [0.1, 0.15) is 39.4 Å². The van der Waals surface area contributed by atoms with E-state index < -0.39 is 6.10 Å². The number of carbonyl (C=O) groups is 1. The molecule has 4 nitrogen and oxygen atoms in total. The molecule has 1 aromatic carbocycles. The predicted molar refractivity (Wildman–Crippen MR) is 81.3 cm³/mol. The van der Waals surface area contributed by atoms with Gasteiger partial charge in [0, 0.05) is 24.5 Å². The van der Waals surface area contributed by atoms with Gasteiger partial charge in [-0.15, -0.1) is 0 Å². The minimum absolute atomic E-state index is 0.0132. The second-order valence-corrected chi connectivity index (χ2v) is 6.06. The standard InChI is InChI=1S/C16H26N2O2/c1-12(2)15(20)17-11-16(3,4)18-10-14(19)13-8-6-5-7-9-13/h5-9,12,14,18-19H,10-11H2,1-4H3,(H,17,20). The zero-order valence-corrected chi connectivity index (χ0v) is 12.8. The largest absolute Gasteiger partial charge is 0.387 e. The fraction of sp³-hybridized carbons (Fsp3) is 0.562. The highest BCUT2D eigenvalue weighted by Crippen LogP contribution is 2.12. The Morgan fingerprint density at radius 3 is 2.40 bits per heavy atom. The van der Waals surface area contributed by atoms with Crippen LogP contribution in [0.15, 0.2) is 30.3 Å². The second kappa shape index (κ2) is 7.41. The molecular weight excluding hydrogens is 252 g/mol. The maximum Gasteiger partial charge on any atom is 0.222 e. The summed E-state index contributed by atoms with van der Waals surface area (Å²) in [6.07, 6.45) is -0.545. The van der Waals surface area contributed by atoms with E-state index in [-0.39, 0.29) is 17.4 Å². The van der Waals surface area contributed by atoms with Crippen LogP contribution >= 0.6 is 0 Å². The van der Waals surface area contributed by atoms with Crippen LogP contribution in [0, 0.1) is 5.92 Å². The first-order chi connectivity index (χ1) is 9.32. The number of hydrogen-bond donors (Lipinski definition) is 3. The molecule has 112 valence electrons. The first-order valence-electron chi connectivity index (χ1n) is 7.07. The molecule has 0 saturated carbocycles. The van der Waals surface area contributed by atoms with Crippen LogP contribution < -0.4 is 10.6 Å². The monoisotopic (exact) mass is 278 g/mol.